The van der Waals surface area contributed by atoms with Crippen molar-refractivity contribution in [2.24, 2.45) is 0 Å². The Bertz CT molecular complexity index is 758. The lowest BCUT2D eigenvalue weighted by molar-refractivity contribution is -0.132. The molecule has 4 rings (SSSR count). The van der Waals surface area contributed by atoms with Gasteiger partial charge in [-0.25, -0.2) is 0 Å². The van der Waals surface area contributed by atoms with Gasteiger partial charge in [0.25, 0.3) is 0 Å². The minimum Gasteiger partial charge on any atom is -0.488 e. The zero-order chi connectivity index (χ0) is 17.2. The molecule has 1 amide bonds. The average molecular weight is 339 g/mol. The van der Waals surface area contributed by atoms with E-state index < -0.39 is 0 Å². The van der Waals surface area contributed by atoms with Gasteiger partial charge in [0.05, 0.1) is 12.1 Å². The first-order valence-corrected chi connectivity index (χ1v) is 9.23. The van der Waals surface area contributed by atoms with E-state index in [1.807, 2.05) is 35.2 Å². The summed E-state index contributed by atoms with van der Waals surface area (Å²) in [5.41, 5.74) is 0.952. The Morgan fingerprint density at radius 3 is 3.00 bits per heavy atom. The van der Waals surface area contributed by atoms with Gasteiger partial charge in [-0.2, -0.15) is 0 Å². The Morgan fingerprint density at radius 2 is 2.16 bits per heavy atom. The molecule has 1 aromatic heterocycles. The molecule has 0 aliphatic carbocycles. The number of benzene rings is 1. The van der Waals surface area contributed by atoms with Gasteiger partial charge in [-0.05, 0) is 50.5 Å². The van der Waals surface area contributed by atoms with E-state index in [1.54, 1.807) is 6.20 Å². The molecule has 2 atom stereocenters. The van der Waals surface area contributed by atoms with Crippen molar-refractivity contribution in [2.75, 3.05) is 26.2 Å². The highest BCUT2D eigenvalue weighted by atomic mass is 16.5. The van der Waals surface area contributed by atoms with Gasteiger partial charge in [0, 0.05) is 37.3 Å². The molecule has 1 aromatic carbocycles. The molecule has 2 aliphatic heterocycles. The number of pyridine rings is 1. The van der Waals surface area contributed by atoms with E-state index in [0.717, 1.165) is 55.5 Å². The van der Waals surface area contributed by atoms with E-state index in [0.29, 0.717) is 12.6 Å². The molecule has 5 nitrogen and oxygen atoms in total. The second-order valence-corrected chi connectivity index (χ2v) is 7.17. The van der Waals surface area contributed by atoms with Gasteiger partial charge in [-0.3, -0.25) is 14.7 Å². The molecule has 2 saturated heterocycles. The summed E-state index contributed by atoms with van der Waals surface area (Å²) >= 11 is 0. The van der Waals surface area contributed by atoms with Gasteiger partial charge in [0.1, 0.15) is 11.9 Å². The van der Waals surface area contributed by atoms with Crippen molar-refractivity contribution in [2.45, 2.75) is 38.3 Å². The Morgan fingerprint density at radius 1 is 1.24 bits per heavy atom. The molecule has 0 saturated carbocycles. The molecule has 0 unspecified atom stereocenters. The van der Waals surface area contributed by atoms with E-state index in [-0.39, 0.29) is 12.0 Å². The number of carbonyl (C=O) groups is 1. The van der Waals surface area contributed by atoms with Crippen molar-refractivity contribution in [3.8, 4) is 5.75 Å². The molecule has 2 aromatic rings. The molecule has 0 radical (unpaired) electrons. The molecule has 0 bridgehead atoms. The van der Waals surface area contributed by atoms with Crippen LogP contribution >= 0.6 is 0 Å². The van der Waals surface area contributed by atoms with E-state index >= 15 is 0 Å². The number of ether oxygens (including phenoxy) is 1. The second-order valence-electron chi connectivity index (χ2n) is 7.17. The Kier molecular flexibility index (Phi) is 4.57. The predicted molar refractivity (Wildman–Crippen MR) is 97.6 cm³/mol. The minimum absolute atomic E-state index is 0.134. The van der Waals surface area contributed by atoms with Crippen molar-refractivity contribution in [1.29, 1.82) is 0 Å². The van der Waals surface area contributed by atoms with Crippen LogP contribution in [0.2, 0.25) is 0 Å². The molecule has 2 aliphatic rings. The maximum Gasteiger partial charge on any atom is 0.236 e. The van der Waals surface area contributed by atoms with Crippen LogP contribution in [0.15, 0.2) is 36.5 Å². The molecule has 2 fully saturated rings. The number of nitrogens with zero attached hydrogens (tertiary/aromatic N) is 3. The number of aromatic nitrogens is 1. The van der Waals surface area contributed by atoms with Crippen molar-refractivity contribution in [1.82, 2.24) is 14.8 Å². The maximum atomic E-state index is 12.5. The number of rotatable bonds is 4. The third kappa shape index (κ3) is 3.47. The van der Waals surface area contributed by atoms with Crippen LogP contribution in [0.25, 0.3) is 10.9 Å². The monoisotopic (exact) mass is 339 g/mol. The molecule has 132 valence electrons. The van der Waals surface area contributed by atoms with Crippen LogP contribution in [0.1, 0.15) is 26.2 Å². The summed E-state index contributed by atoms with van der Waals surface area (Å²) in [6.07, 6.45) is 5.16. The first kappa shape index (κ1) is 16.3. The van der Waals surface area contributed by atoms with Gasteiger partial charge in [0.2, 0.25) is 5.91 Å². The van der Waals surface area contributed by atoms with Crippen molar-refractivity contribution < 1.29 is 9.53 Å². The summed E-state index contributed by atoms with van der Waals surface area (Å²) in [5, 5.41) is 1.05. The number of hydrogen-bond acceptors (Lipinski definition) is 4. The lowest BCUT2D eigenvalue weighted by Crippen LogP contribution is -2.41. The summed E-state index contributed by atoms with van der Waals surface area (Å²) in [5.74, 6) is 1.15. The van der Waals surface area contributed by atoms with E-state index in [4.69, 9.17) is 4.74 Å². The SMILES string of the molecule is C[C@@H]1CCCN1C(=O)CN1CC[C@H](Oc2cccc3ncccc23)C1. The van der Waals surface area contributed by atoms with Crippen molar-refractivity contribution in [3.05, 3.63) is 36.5 Å². The zero-order valence-electron chi connectivity index (χ0n) is 14.7. The zero-order valence-corrected chi connectivity index (χ0v) is 14.7. The highest BCUT2D eigenvalue weighted by Crippen LogP contribution is 2.27. The average Bonchev–Trinajstić information content (AvgIpc) is 3.24. The van der Waals surface area contributed by atoms with Crippen LogP contribution < -0.4 is 4.74 Å². The fourth-order valence-corrected chi connectivity index (χ4v) is 3.98. The molecular weight excluding hydrogens is 314 g/mol. The highest BCUT2D eigenvalue weighted by molar-refractivity contribution is 5.84. The largest absolute Gasteiger partial charge is 0.488 e. The van der Waals surface area contributed by atoms with Gasteiger partial charge in [-0.15, -0.1) is 0 Å². The van der Waals surface area contributed by atoms with Crippen LogP contribution in [0.5, 0.6) is 5.75 Å². The van der Waals surface area contributed by atoms with Crippen LogP contribution in [-0.2, 0) is 4.79 Å². The lowest BCUT2D eigenvalue weighted by atomic mass is 10.2. The fourth-order valence-electron chi connectivity index (χ4n) is 3.98. The number of hydrogen-bond donors (Lipinski definition) is 0. The van der Waals surface area contributed by atoms with Crippen LogP contribution in [-0.4, -0.2) is 59.0 Å². The number of carbonyl (C=O) groups excluding carboxylic acids is 1. The number of fused-ring (bicyclic) bond motifs is 1. The van der Waals surface area contributed by atoms with E-state index in [9.17, 15) is 4.79 Å². The first-order valence-electron chi connectivity index (χ1n) is 9.23. The summed E-state index contributed by atoms with van der Waals surface area (Å²) in [6, 6.07) is 10.4. The fraction of sp³-hybridized carbons (Fsp3) is 0.500. The minimum atomic E-state index is 0.134. The van der Waals surface area contributed by atoms with Crippen molar-refractivity contribution >= 4 is 16.8 Å². The molecule has 3 heterocycles. The molecule has 0 spiro atoms. The molecule has 5 heteroatoms. The molecule has 25 heavy (non-hydrogen) atoms. The third-order valence-electron chi connectivity index (χ3n) is 5.36. The van der Waals surface area contributed by atoms with Crippen molar-refractivity contribution in [3.63, 3.8) is 0 Å². The smallest absolute Gasteiger partial charge is 0.236 e. The summed E-state index contributed by atoms with van der Waals surface area (Å²) in [7, 11) is 0. The number of amides is 1. The number of likely N-dealkylation sites (tertiary alicyclic amines) is 2. The van der Waals surface area contributed by atoms with Gasteiger partial charge >= 0.3 is 0 Å². The quantitative estimate of drug-likeness (QED) is 0.859. The van der Waals surface area contributed by atoms with Gasteiger partial charge in [-0.1, -0.05) is 6.07 Å². The topological polar surface area (TPSA) is 45.7 Å². The molecular formula is C20H25N3O2. The highest BCUT2D eigenvalue weighted by Gasteiger charge is 2.30. The Labute approximate surface area is 148 Å². The second kappa shape index (κ2) is 7.00. The van der Waals surface area contributed by atoms with Gasteiger partial charge < -0.3 is 9.64 Å². The van der Waals surface area contributed by atoms with Crippen LogP contribution in [0.3, 0.4) is 0 Å². The molecule has 0 N–H and O–H groups in total. The maximum absolute atomic E-state index is 12.5. The summed E-state index contributed by atoms with van der Waals surface area (Å²) in [6.45, 7) is 5.31. The van der Waals surface area contributed by atoms with E-state index in [1.165, 1.54) is 0 Å². The summed E-state index contributed by atoms with van der Waals surface area (Å²) in [4.78, 5) is 21.1. The van der Waals surface area contributed by atoms with E-state index in [2.05, 4.69) is 16.8 Å². The third-order valence-corrected chi connectivity index (χ3v) is 5.36. The van der Waals surface area contributed by atoms with Gasteiger partial charge in [0.15, 0.2) is 0 Å². The van der Waals surface area contributed by atoms with Crippen LogP contribution in [0, 0.1) is 0 Å². The Hall–Kier alpha value is -2.14. The standard InChI is InChI=1S/C20H25N3O2/c1-15-5-4-11-23(15)20(24)14-22-12-9-16(13-22)25-19-8-2-7-18-17(19)6-3-10-21-18/h2-3,6-8,10,15-16H,4-5,9,11-14H2,1H3/t15-,16+/m1/s1. The normalized spacial score (nSPS) is 24.1. The van der Waals surface area contributed by atoms with Crippen LogP contribution in [0.4, 0.5) is 0 Å². The Balaban J connectivity index is 1.37. The summed E-state index contributed by atoms with van der Waals surface area (Å²) < 4.78 is 6.24. The predicted octanol–water partition coefficient (Wildman–Crippen LogP) is 2.70. The first-order chi connectivity index (χ1) is 12.2. The lowest BCUT2D eigenvalue weighted by Gasteiger charge is -2.24.